The molecule has 0 aromatic heterocycles. The van der Waals surface area contributed by atoms with Gasteiger partial charge in [-0.2, -0.15) is 5.26 Å². The zero-order valence-corrected chi connectivity index (χ0v) is 13.5. The Bertz CT molecular complexity index is 765. The molecule has 6 heteroatoms. The average Bonchev–Trinajstić information content (AvgIpc) is 2.46. The SMILES string of the molecule is N#Cc1ccc(CS(=O)(=O)NCc2cccc(Br)c2)cc1. The van der Waals surface area contributed by atoms with Gasteiger partial charge in [-0.3, -0.25) is 0 Å². The second-order valence-corrected chi connectivity index (χ2v) is 7.24. The fourth-order valence-electron chi connectivity index (χ4n) is 1.79. The molecule has 108 valence electrons. The van der Waals surface area contributed by atoms with Gasteiger partial charge in [-0.05, 0) is 35.4 Å². The van der Waals surface area contributed by atoms with Crippen LogP contribution in [-0.4, -0.2) is 8.42 Å². The summed E-state index contributed by atoms with van der Waals surface area (Å²) < 4.78 is 27.5. The summed E-state index contributed by atoms with van der Waals surface area (Å²) in [5.41, 5.74) is 2.04. The van der Waals surface area contributed by atoms with Crippen LogP contribution < -0.4 is 4.72 Å². The first-order valence-corrected chi connectivity index (χ1v) is 8.64. The summed E-state index contributed by atoms with van der Waals surface area (Å²) in [6.07, 6.45) is 0. The van der Waals surface area contributed by atoms with Crippen LogP contribution in [0.3, 0.4) is 0 Å². The molecule has 0 fully saturated rings. The minimum absolute atomic E-state index is 0.104. The van der Waals surface area contributed by atoms with Crippen LogP contribution in [0, 0.1) is 11.3 Å². The van der Waals surface area contributed by atoms with E-state index in [2.05, 4.69) is 20.7 Å². The smallest absolute Gasteiger partial charge is 0.212 e. The van der Waals surface area contributed by atoms with Crippen molar-refractivity contribution in [3.63, 3.8) is 0 Å². The Hall–Kier alpha value is -1.68. The van der Waals surface area contributed by atoms with Crippen molar-refractivity contribution in [2.75, 3.05) is 0 Å². The number of nitrogens with one attached hydrogen (secondary N) is 1. The number of nitriles is 1. The summed E-state index contributed by atoms with van der Waals surface area (Å²) in [6.45, 7) is 0.248. The van der Waals surface area contributed by atoms with Crippen molar-refractivity contribution in [3.8, 4) is 6.07 Å². The Morgan fingerprint density at radius 3 is 2.43 bits per heavy atom. The molecule has 0 aliphatic rings. The lowest BCUT2D eigenvalue weighted by Crippen LogP contribution is -2.24. The number of hydrogen-bond donors (Lipinski definition) is 1. The van der Waals surface area contributed by atoms with Crippen LogP contribution in [0.25, 0.3) is 0 Å². The molecule has 21 heavy (non-hydrogen) atoms. The van der Waals surface area contributed by atoms with E-state index < -0.39 is 10.0 Å². The molecule has 0 unspecified atom stereocenters. The highest BCUT2D eigenvalue weighted by Crippen LogP contribution is 2.12. The fourth-order valence-corrected chi connectivity index (χ4v) is 3.35. The topological polar surface area (TPSA) is 70.0 Å². The highest BCUT2D eigenvalue weighted by Gasteiger charge is 2.11. The third kappa shape index (κ3) is 4.97. The predicted octanol–water partition coefficient (Wildman–Crippen LogP) is 2.94. The van der Waals surface area contributed by atoms with E-state index in [-0.39, 0.29) is 12.3 Å². The third-order valence-electron chi connectivity index (χ3n) is 2.82. The van der Waals surface area contributed by atoms with E-state index >= 15 is 0 Å². The van der Waals surface area contributed by atoms with Crippen LogP contribution in [0.4, 0.5) is 0 Å². The molecule has 0 bridgehead atoms. The molecule has 0 radical (unpaired) electrons. The van der Waals surface area contributed by atoms with Gasteiger partial charge in [0, 0.05) is 11.0 Å². The first-order chi connectivity index (χ1) is 9.98. The Balaban J connectivity index is 2.00. The summed E-state index contributed by atoms with van der Waals surface area (Å²) in [5, 5.41) is 8.71. The average molecular weight is 365 g/mol. The van der Waals surface area contributed by atoms with Crippen LogP contribution in [-0.2, 0) is 22.3 Å². The molecule has 2 rings (SSSR count). The van der Waals surface area contributed by atoms with Crippen LogP contribution in [0.2, 0.25) is 0 Å². The van der Waals surface area contributed by atoms with Crippen LogP contribution in [0.1, 0.15) is 16.7 Å². The highest BCUT2D eigenvalue weighted by atomic mass is 79.9. The highest BCUT2D eigenvalue weighted by molar-refractivity contribution is 9.10. The Morgan fingerprint density at radius 1 is 1.10 bits per heavy atom. The van der Waals surface area contributed by atoms with Crippen molar-refractivity contribution in [1.29, 1.82) is 5.26 Å². The minimum Gasteiger partial charge on any atom is -0.212 e. The van der Waals surface area contributed by atoms with Crippen LogP contribution in [0.15, 0.2) is 53.0 Å². The van der Waals surface area contributed by atoms with Gasteiger partial charge in [0.15, 0.2) is 0 Å². The summed E-state index contributed by atoms with van der Waals surface area (Å²) >= 11 is 3.35. The lowest BCUT2D eigenvalue weighted by Gasteiger charge is -2.07. The first-order valence-electron chi connectivity index (χ1n) is 6.19. The van der Waals surface area contributed by atoms with E-state index in [1.807, 2.05) is 30.3 Å². The molecule has 0 heterocycles. The molecular weight excluding hydrogens is 352 g/mol. The number of halogens is 1. The normalized spacial score (nSPS) is 11.0. The molecule has 0 amide bonds. The lowest BCUT2D eigenvalue weighted by atomic mass is 10.2. The molecule has 0 saturated carbocycles. The minimum atomic E-state index is -3.41. The van der Waals surface area contributed by atoms with Crippen molar-refractivity contribution in [2.45, 2.75) is 12.3 Å². The largest absolute Gasteiger partial charge is 0.216 e. The van der Waals surface area contributed by atoms with Gasteiger partial charge in [-0.25, -0.2) is 13.1 Å². The van der Waals surface area contributed by atoms with E-state index in [1.54, 1.807) is 24.3 Å². The van der Waals surface area contributed by atoms with E-state index in [0.717, 1.165) is 10.0 Å². The van der Waals surface area contributed by atoms with E-state index in [1.165, 1.54) is 0 Å². The molecule has 0 aliphatic heterocycles. The monoisotopic (exact) mass is 364 g/mol. The van der Waals surface area contributed by atoms with Crippen LogP contribution in [0.5, 0.6) is 0 Å². The summed E-state index contributed by atoms with van der Waals surface area (Å²) in [7, 11) is -3.41. The lowest BCUT2D eigenvalue weighted by molar-refractivity contribution is 0.580. The molecule has 0 saturated heterocycles. The number of sulfonamides is 1. The van der Waals surface area contributed by atoms with Gasteiger partial charge in [-0.1, -0.05) is 40.2 Å². The van der Waals surface area contributed by atoms with Gasteiger partial charge in [0.1, 0.15) is 0 Å². The van der Waals surface area contributed by atoms with Gasteiger partial charge in [0.2, 0.25) is 10.0 Å². The quantitative estimate of drug-likeness (QED) is 0.886. The zero-order valence-electron chi connectivity index (χ0n) is 11.1. The molecule has 0 aliphatic carbocycles. The summed E-state index contributed by atoms with van der Waals surface area (Å²) in [5.74, 6) is -0.104. The Labute approximate surface area is 132 Å². The summed E-state index contributed by atoms with van der Waals surface area (Å²) in [4.78, 5) is 0. The second kappa shape index (κ2) is 6.85. The maximum atomic E-state index is 12.0. The second-order valence-electron chi connectivity index (χ2n) is 4.52. The van der Waals surface area contributed by atoms with Crippen molar-refractivity contribution >= 4 is 26.0 Å². The molecule has 2 aromatic carbocycles. The third-order valence-corrected chi connectivity index (χ3v) is 4.62. The molecule has 2 aromatic rings. The Kier molecular flexibility index (Phi) is 5.12. The molecule has 1 N–H and O–H groups in total. The van der Waals surface area contributed by atoms with Gasteiger partial charge in [0.05, 0.1) is 17.4 Å². The first kappa shape index (κ1) is 15.7. The Morgan fingerprint density at radius 2 is 1.81 bits per heavy atom. The maximum Gasteiger partial charge on any atom is 0.216 e. The standard InChI is InChI=1S/C15H13BrN2O2S/c16-15-3-1-2-14(8-15)10-18-21(19,20)11-13-6-4-12(9-17)5-7-13/h1-8,18H,10-11H2. The fraction of sp³-hybridized carbons (Fsp3) is 0.133. The van der Waals surface area contributed by atoms with Gasteiger partial charge in [0.25, 0.3) is 0 Å². The van der Waals surface area contributed by atoms with E-state index in [0.29, 0.717) is 11.1 Å². The van der Waals surface area contributed by atoms with Gasteiger partial charge in [-0.15, -0.1) is 0 Å². The number of rotatable bonds is 5. The van der Waals surface area contributed by atoms with E-state index in [4.69, 9.17) is 5.26 Å². The zero-order chi connectivity index (χ0) is 15.3. The van der Waals surface area contributed by atoms with E-state index in [9.17, 15) is 8.42 Å². The maximum absolute atomic E-state index is 12.0. The van der Waals surface area contributed by atoms with Crippen LogP contribution >= 0.6 is 15.9 Å². The van der Waals surface area contributed by atoms with Crippen molar-refractivity contribution in [3.05, 3.63) is 69.7 Å². The van der Waals surface area contributed by atoms with Crippen molar-refractivity contribution < 1.29 is 8.42 Å². The summed E-state index contributed by atoms with van der Waals surface area (Å²) in [6, 6.07) is 16.0. The number of benzene rings is 2. The van der Waals surface area contributed by atoms with Crippen molar-refractivity contribution in [1.82, 2.24) is 4.72 Å². The molecule has 0 atom stereocenters. The molecule has 4 nitrogen and oxygen atoms in total. The van der Waals surface area contributed by atoms with Gasteiger partial charge < -0.3 is 0 Å². The van der Waals surface area contributed by atoms with Gasteiger partial charge >= 0.3 is 0 Å². The number of nitrogens with zero attached hydrogens (tertiary/aromatic N) is 1. The molecular formula is C15H13BrN2O2S. The molecule has 0 spiro atoms. The van der Waals surface area contributed by atoms with Crippen molar-refractivity contribution in [2.24, 2.45) is 0 Å². The number of hydrogen-bond acceptors (Lipinski definition) is 3. The predicted molar refractivity (Wildman–Crippen MR) is 84.8 cm³/mol.